The molecule has 0 bridgehead atoms. The number of rotatable bonds is 5. The van der Waals surface area contributed by atoms with E-state index < -0.39 is 5.92 Å². The first kappa shape index (κ1) is 13.8. The lowest BCUT2D eigenvalue weighted by molar-refractivity contribution is -0.121. The summed E-state index contributed by atoms with van der Waals surface area (Å²) in [5.74, 6) is -0.343. The number of imidazole rings is 1. The van der Waals surface area contributed by atoms with Gasteiger partial charge >= 0.3 is 0 Å². The molecule has 22 heavy (non-hydrogen) atoms. The number of ketones is 1. The molecule has 1 aromatic heterocycles. The average Bonchev–Trinajstić information content (AvgIpc) is 2.98. The zero-order chi connectivity index (χ0) is 15.4. The Kier molecular flexibility index (Phi) is 3.84. The molecule has 108 valence electrons. The van der Waals surface area contributed by atoms with Crippen LogP contribution in [0.2, 0.25) is 0 Å². The molecule has 0 radical (unpaired) electrons. The number of nitrogens with one attached hydrogen (secondary N) is 1. The third-order valence-corrected chi connectivity index (χ3v) is 3.26. The van der Waals surface area contributed by atoms with Gasteiger partial charge in [0, 0.05) is 0 Å². The Morgan fingerprint density at radius 1 is 1.18 bits per heavy atom. The highest BCUT2D eigenvalue weighted by Crippen LogP contribution is 2.18. The highest BCUT2D eigenvalue weighted by atomic mass is 16.5. The summed E-state index contributed by atoms with van der Waals surface area (Å²) in [6.07, 6.45) is 0. The molecule has 0 aliphatic heterocycles. The number of nitriles is 1. The number of ether oxygens (including phenoxy) is 1. The molecule has 0 spiro atoms. The summed E-state index contributed by atoms with van der Waals surface area (Å²) in [6.45, 7) is -0.167. The van der Waals surface area contributed by atoms with E-state index in [1.807, 2.05) is 48.5 Å². The van der Waals surface area contributed by atoms with Crippen LogP contribution in [0.4, 0.5) is 0 Å². The van der Waals surface area contributed by atoms with E-state index in [4.69, 9.17) is 4.74 Å². The Hall–Kier alpha value is -3.13. The van der Waals surface area contributed by atoms with Crippen molar-refractivity contribution in [2.45, 2.75) is 5.92 Å². The Labute approximate surface area is 127 Å². The number of carbonyl (C=O) groups excluding carboxylic acids is 1. The standard InChI is InChI=1S/C17H13N3O2/c18-10-13(16(21)11-22-12-6-2-1-3-7-12)17-19-14-8-4-5-9-15(14)20-17/h1-9,13H,11H2,(H,19,20)/t13-/m1/s1. The van der Waals surface area contributed by atoms with E-state index in [9.17, 15) is 10.1 Å². The molecule has 0 aliphatic rings. The minimum absolute atomic E-state index is 0.167. The van der Waals surface area contributed by atoms with E-state index in [-0.39, 0.29) is 12.4 Å². The van der Waals surface area contributed by atoms with Gasteiger partial charge in [-0.15, -0.1) is 0 Å². The fourth-order valence-electron chi connectivity index (χ4n) is 2.15. The van der Waals surface area contributed by atoms with Gasteiger partial charge in [-0.25, -0.2) is 4.98 Å². The maximum atomic E-state index is 12.2. The third-order valence-electron chi connectivity index (χ3n) is 3.26. The predicted molar refractivity (Wildman–Crippen MR) is 81.4 cm³/mol. The first-order valence-electron chi connectivity index (χ1n) is 6.83. The number of fused-ring (bicyclic) bond motifs is 1. The third kappa shape index (κ3) is 2.81. The van der Waals surface area contributed by atoms with Crippen LogP contribution in [0.25, 0.3) is 11.0 Å². The minimum Gasteiger partial charge on any atom is -0.486 e. The Balaban J connectivity index is 1.76. The smallest absolute Gasteiger partial charge is 0.194 e. The molecule has 0 saturated heterocycles. The number of carbonyl (C=O) groups is 1. The second kappa shape index (κ2) is 6.10. The second-order valence-corrected chi connectivity index (χ2v) is 4.77. The van der Waals surface area contributed by atoms with Gasteiger partial charge in [-0.1, -0.05) is 30.3 Å². The van der Waals surface area contributed by atoms with Crippen LogP contribution in [-0.4, -0.2) is 22.4 Å². The quantitative estimate of drug-likeness (QED) is 0.784. The van der Waals surface area contributed by atoms with Gasteiger partial charge in [0.05, 0.1) is 17.1 Å². The molecule has 2 aromatic carbocycles. The van der Waals surface area contributed by atoms with Crippen molar-refractivity contribution < 1.29 is 9.53 Å². The van der Waals surface area contributed by atoms with Gasteiger partial charge in [0.15, 0.2) is 11.7 Å². The van der Waals surface area contributed by atoms with Gasteiger partial charge in [-0.2, -0.15) is 5.26 Å². The van der Waals surface area contributed by atoms with Gasteiger partial charge in [0.1, 0.15) is 18.2 Å². The summed E-state index contributed by atoms with van der Waals surface area (Å²) in [5.41, 5.74) is 1.53. The molecule has 0 unspecified atom stereocenters. The van der Waals surface area contributed by atoms with Crippen LogP contribution in [0.1, 0.15) is 11.7 Å². The lowest BCUT2D eigenvalue weighted by Crippen LogP contribution is -2.20. The second-order valence-electron chi connectivity index (χ2n) is 4.77. The summed E-state index contributed by atoms with van der Waals surface area (Å²) < 4.78 is 5.40. The van der Waals surface area contributed by atoms with Gasteiger partial charge in [0.2, 0.25) is 0 Å². The molecule has 1 heterocycles. The number of aromatic nitrogens is 2. The van der Waals surface area contributed by atoms with E-state index in [1.165, 1.54) is 0 Å². The van der Waals surface area contributed by atoms with Gasteiger partial charge < -0.3 is 9.72 Å². The van der Waals surface area contributed by atoms with Crippen LogP contribution in [-0.2, 0) is 4.79 Å². The van der Waals surface area contributed by atoms with E-state index in [0.717, 1.165) is 11.0 Å². The number of benzene rings is 2. The number of aromatic amines is 1. The van der Waals surface area contributed by atoms with Crippen LogP contribution < -0.4 is 4.74 Å². The number of hydrogen-bond acceptors (Lipinski definition) is 4. The first-order valence-corrected chi connectivity index (χ1v) is 6.83. The molecule has 1 N–H and O–H groups in total. The monoisotopic (exact) mass is 291 g/mol. The first-order chi connectivity index (χ1) is 10.8. The van der Waals surface area contributed by atoms with Crippen molar-refractivity contribution in [2.75, 3.05) is 6.61 Å². The zero-order valence-corrected chi connectivity index (χ0v) is 11.7. The molecule has 1 atom stereocenters. The van der Waals surface area contributed by atoms with Crippen molar-refractivity contribution in [1.82, 2.24) is 9.97 Å². The lowest BCUT2D eigenvalue weighted by atomic mass is 10.1. The Morgan fingerprint density at radius 3 is 2.64 bits per heavy atom. The molecule has 3 aromatic rings. The van der Waals surface area contributed by atoms with Crippen molar-refractivity contribution in [3.8, 4) is 11.8 Å². The lowest BCUT2D eigenvalue weighted by Gasteiger charge is -2.07. The summed E-state index contributed by atoms with van der Waals surface area (Å²) in [5, 5.41) is 9.29. The summed E-state index contributed by atoms with van der Waals surface area (Å²) in [7, 11) is 0. The van der Waals surface area contributed by atoms with Crippen molar-refractivity contribution in [2.24, 2.45) is 0 Å². The fourth-order valence-corrected chi connectivity index (χ4v) is 2.15. The molecule has 3 rings (SSSR count). The van der Waals surface area contributed by atoms with Crippen LogP contribution in [0.5, 0.6) is 5.75 Å². The number of hydrogen-bond donors (Lipinski definition) is 1. The van der Waals surface area contributed by atoms with Crippen LogP contribution >= 0.6 is 0 Å². The maximum Gasteiger partial charge on any atom is 0.194 e. The largest absolute Gasteiger partial charge is 0.486 e. The zero-order valence-electron chi connectivity index (χ0n) is 11.7. The van der Waals surface area contributed by atoms with Crippen molar-refractivity contribution >= 4 is 16.8 Å². The van der Waals surface area contributed by atoms with E-state index in [0.29, 0.717) is 11.6 Å². The van der Waals surface area contributed by atoms with E-state index in [2.05, 4.69) is 9.97 Å². The minimum atomic E-state index is -0.962. The number of Topliss-reactive ketones (excluding diaryl/α,β-unsaturated/α-hetero) is 1. The molecule has 5 heteroatoms. The summed E-state index contributed by atoms with van der Waals surface area (Å²) >= 11 is 0. The Bertz CT molecular complexity index is 801. The van der Waals surface area contributed by atoms with Gasteiger partial charge in [0.25, 0.3) is 0 Å². The number of para-hydroxylation sites is 3. The van der Waals surface area contributed by atoms with Gasteiger partial charge in [-0.3, -0.25) is 4.79 Å². The number of H-pyrrole nitrogens is 1. The topological polar surface area (TPSA) is 78.8 Å². The normalized spacial score (nSPS) is 11.8. The molecule has 0 saturated carbocycles. The highest BCUT2D eigenvalue weighted by molar-refractivity contribution is 5.90. The number of nitrogens with zero attached hydrogens (tertiary/aromatic N) is 2. The van der Waals surface area contributed by atoms with Crippen molar-refractivity contribution in [3.63, 3.8) is 0 Å². The summed E-state index contributed by atoms with van der Waals surface area (Å²) in [4.78, 5) is 19.5. The molecular formula is C17H13N3O2. The molecular weight excluding hydrogens is 278 g/mol. The fraction of sp³-hybridized carbons (Fsp3) is 0.118. The van der Waals surface area contributed by atoms with Gasteiger partial charge in [-0.05, 0) is 24.3 Å². The van der Waals surface area contributed by atoms with Crippen LogP contribution in [0, 0.1) is 11.3 Å². The molecule has 5 nitrogen and oxygen atoms in total. The molecule has 0 fully saturated rings. The van der Waals surface area contributed by atoms with Crippen molar-refractivity contribution in [1.29, 1.82) is 5.26 Å². The van der Waals surface area contributed by atoms with Crippen LogP contribution in [0.15, 0.2) is 54.6 Å². The summed E-state index contributed by atoms with van der Waals surface area (Å²) in [6, 6.07) is 18.4. The maximum absolute atomic E-state index is 12.2. The van der Waals surface area contributed by atoms with Crippen LogP contribution in [0.3, 0.4) is 0 Å². The molecule has 0 aliphatic carbocycles. The SMILES string of the molecule is N#C[C@H](C(=O)COc1ccccc1)c1nc2ccccc2[nH]1. The Morgan fingerprint density at radius 2 is 1.91 bits per heavy atom. The van der Waals surface area contributed by atoms with E-state index in [1.54, 1.807) is 12.1 Å². The molecule has 0 amide bonds. The highest BCUT2D eigenvalue weighted by Gasteiger charge is 2.24. The van der Waals surface area contributed by atoms with E-state index >= 15 is 0 Å². The average molecular weight is 291 g/mol. The van der Waals surface area contributed by atoms with Crippen molar-refractivity contribution in [3.05, 3.63) is 60.4 Å². The predicted octanol–water partition coefficient (Wildman–Crippen LogP) is 2.82.